The molecule has 1 rings (SSSR count). The van der Waals surface area contributed by atoms with Crippen LogP contribution < -0.4 is 4.46 Å². The van der Waals surface area contributed by atoms with E-state index in [2.05, 4.69) is 12.1 Å². The third kappa shape index (κ3) is 2.80. The summed E-state index contributed by atoms with van der Waals surface area (Å²) in [7, 11) is 0. The Hall–Kier alpha value is -0.591. The summed E-state index contributed by atoms with van der Waals surface area (Å²) in [5.74, 6) is 0. The summed E-state index contributed by atoms with van der Waals surface area (Å²) >= 11 is 0.246. The molecule has 0 heterocycles. The van der Waals surface area contributed by atoms with Crippen molar-refractivity contribution in [2.24, 2.45) is 0 Å². The number of carbonyl (C=O) groups is 1. The first kappa shape index (κ1) is 9.50. The number of hydrogen-bond donors (Lipinski definition) is 0. The quantitative estimate of drug-likeness (QED) is 0.563. The van der Waals surface area contributed by atoms with E-state index >= 15 is 0 Å². The Morgan fingerprint density at radius 3 is 2.33 bits per heavy atom. The average molecular weight is 227 g/mol. The maximum absolute atomic E-state index is 10.6. The number of rotatable bonds is 3. The Labute approximate surface area is 79.3 Å². The number of hydrogen-bond acceptors (Lipinski definition) is 1. The van der Waals surface area contributed by atoms with E-state index in [1.54, 1.807) is 0 Å². The van der Waals surface area contributed by atoms with Gasteiger partial charge in [0.1, 0.15) is 0 Å². The molecule has 0 saturated heterocycles. The predicted molar refractivity (Wildman–Crippen MR) is 51.9 cm³/mol. The van der Waals surface area contributed by atoms with Crippen LogP contribution in [0.2, 0.25) is 4.31 Å². The van der Waals surface area contributed by atoms with Gasteiger partial charge in [0, 0.05) is 0 Å². The molecule has 0 atom stereocenters. The van der Waals surface area contributed by atoms with Crippen molar-refractivity contribution in [1.29, 1.82) is 0 Å². The van der Waals surface area contributed by atoms with Crippen molar-refractivity contribution < 1.29 is 4.79 Å². The summed E-state index contributed by atoms with van der Waals surface area (Å²) in [5, 5.41) is 0. The number of carbonyl (C=O) groups excluding carboxylic acids is 1. The van der Waals surface area contributed by atoms with Gasteiger partial charge in [-0.05, 0) is 0 Å². The standard InChI is InChI=1S/C10H12OSe/c1-10(2,8-11)12-9-6-4-3-5-7-9/h3-8H,1-2H3. The summed E-state index contributed by atoms with van der Waals surface area (Å²) in [5.41, 5.74) is 0. The normalized spacial score (nSPS) is 11.2. The molecule has 12 heavy (non-hydrogen) atoms. The van der Waals surface area contributed by atoms with E-state index in [0.717, 1.165) is 6.29 Å². The molecule has 0 aromatic heterocycles. The van der Waals surface area contributed by atoms with Crippen LogP contribution in [-0.2, 0) is 4.79 Å². The molecule has 0 aliphatic carbocycles. The van der Waals surface area contributed by atoms with Crippen LogP contribution in [0.1, 0.15) is 13.8 Å². The Morgan fingerprint density at radius 2 is 1.83 bits per heavy atom. The maximum atomic E-state index is 10.6. The van der Waals surface area contributed by atoms with Gasteiger partial charge in [-0.15, -0.1) is 0 Å². The monoisotopic (exact) mass is 228 g/mol. The van der Waals surface area contributed by atoms with E-state index in [0.29, 0.717) is 0 Å². The number of aldehydes is 1. The zero-order chi connectivity index (χ0) is 9.03. The fourth-order valence-electron chi connectivity index (χ4n) is 0.816. The van der Waals surface area contributed by atoms with Crippen LogP contribution in [0, 0.1) is 0 Å². The first-order chi connectivity index (χ1) is 5.64. The van der Waals surface area contributed by atoms with E-state index in [1.165, 1.54) is 4.46 Å². The van der Waals surface area contributed by atoms with E-state index in [-0.39, 0.29) is 19.3 Å². The first-order valence-electron chi connectivity index (χ1n) is 3.84. The van der Waals surface area contributed by atoms with Crippen molar-refractivity contribution >= 4 is 25.7 Å². The Morgan fingerprint density at radius 1 is 1.25 bits per heavy atom. The molecule has 2 heteroatoms. The molecule has 0 aliphatic rings. The SMILES string of the molecule is CC(C)(C=O)[Se]c1ccccc1. The van der Waals surface area contributed by atoms with Gasteiger partial charge in [-0.2, -0.15) is 0 Å². The molecule has 0 radical (unpaired) electrons. The zero-order valence-electron chi connectivity index (χ0n) is 7.28. The van der Waals surface area contributed by atoms with Crippen molar-refractivity contribution in [3.05, 3.63) is 30.3 Å². The van der Waals surface area contributed by atoms with Crippen LogP contribution in [0.15, 0.2) is 30.3 Å². The third-order valence-corrected chi connectivity index (χ3v) is 3.78. The minimum atomic E-state index is -0.172. The van der Waals surface area contributed by atoms with Crippen LogP contribution in [0.25, 0.3) is 0 Å². The molecule has 1 aromatic rings. The van der Waals surface area contributed by atoms with Crippen molar-refractivity contribution in [1.82, 2.24) is 0 Å². The molecule has 0 bridgehead atoms. The second-order valence-electron chi connectivity index (χ2n) is 3.14. The van der Waals surface area contributed by atoms with Crippen molar-refractivity contribution in [2.45, 2.75) is 18.2 Å². The third-order valence-electron chi connectivity index (χ3n) is 1.41. The van der Waals surface area contributed by atoms with Gasteiger partial charge in [0.15, 0.2) is 0 Å². The van der Waals surface area contributed by atoms with Crippen molar-refractivity contribution in [3.8, 4) is 0 Å². The molecule has 0 amide bonds. The number of benzene rings is 1. The van der Waals surface area contributed by atoms with Crippen LogP contribution in [-0.4, -0.2) is 21.2 Å². The van der Waals surface area contributed by atoms with Gasteiger partial charge < -0.3 is 0 Å². The van der Waals surface area contributed by atoms with Crippen LogP contribution in [0.3, 0.4) is 0 Å². The second-order valence-corrected chi connectivity index (χ2v) is 6.76. The average Bonchev–Trinajstić information content (AvgIpc) is 2.06. The zero-order valence-corrected chi connectivity index (χ0v) is 8.99. The van der Waals surface area contributed by atoms with Crippen molar-refractivity contribution in [2.75, 3.05) is 0 Å². The van der Waals surface area contributed by atoms with Crippen LogP contribution in [0.4, 0.5) is 0 Å². The van der Waals surface area contributed by atoms with E-state index in [1.807, 2.05) is 32.0 Å². The summed E-state index contributed by atoms with van der Waals surface area (Å²) in [6, 6.07) is 10.2. The molecule has 1 aromatic carbocycles. The fraction of sp³-hybridized carbons (Fsp3) is 0.300. The minimum absolute atomic E-state index is 0.172. The molecular weight excluding hydrogens is 215 g/mol. The fourth-order valence-corrected chi connectivity index (χ4v) is 2.81. The molecule has 0 aliphatic heterocycles. The summed E-state index contributed by atoms with van der Waals surface area (Å²) in [4.78, 5) is 10.6. The van der Waals surface area contributed by atoms with Crippen LogP contribution >= 0.6 is 0 Å². The van der Waals surface area contributed by atoms with Crippen molar-refractivity contribution in [3.63, 3.8) is 0 Å². The molecule has 0 unspecified atom stereocenters. The summed E-state index contributed by atoms with van der Waals surface area (Å²) < 4.78 is 1.11. The van der Waals surface area contributed by atoms with Gasteiger partial charge >= 0.3 is 79.0 Å². The Bertz CT molecular complexity index is 254. The molecule has 64 valence electrons. The van der Waals surface area contributed by atoms with E-state index < -0.39 is 0 Å². The molecule has 0 N–H and O–H groups in total. The molecule has 0 spiro atoms. The summed E-state index contributed by atoms with van der Waals surface area (Å²) in [6.45, 7) is 3.96. The molecular formula is C10H12OSe. The topological polar surface area (TPSA) is 17.1 Å². The predicted octanol–water partition coefficient (Wildman–Crippen LogP) is 1.41. The Balaban J connectivity index is 2.70. The van der Waals surface area contributed by atoms with Gasteiger partial charge in [-0.3, -0.25) is 0 Å². The summed E-state index contributed by atoms with van der Waals surface area (Å²) in [6.07, 6.45) is 1.04. The van der Waals surface area contributed by atoms with E-state index in [9.17, 15) is 4.79 Å². The molecule has 1 nitrogen and oxygen atoms in total. The van der Waals surface area contributed by atoms with Gasteiger partial charge in [0.2, 0.25) is 0 Å². The van der Waals surface area contributed by atoms with Gasteiger partial charge in [0.05, 0.1) is 0 Å². The molecule has 0 fully saturated rings. The van der Waals surface area contributed by atoms with Gasteiger partial charge in [0.25, 0.3) is 0 Å². The second kappa shape index (κ2) is 3.88. The van der Waals surface area contributed by atoms with Gasteiger partial charge in [-0.25, -0.2) is 0 Å². The first-order valence-corrected chi connectivity index (χ1v) is 5.56. The van der Waals surface area contributed by atoms with E-state index in [4.69, 9.17) is 0 Å². The Kier molecular flexibility index (Phi) is 3.07. The van der Waals surface area contributed by atoms with Gasteiger partial charge in [-0.1, -0.05) is 0 Å². The molecule has 0 saturated carbocycles. The van der Waals surface area contributed by atoms with Crippen LogP contribution in [0.5, 0.6) is 0 Å².